The van der Waals surface area contributed by atoms with Crippen LogP contribution in [0.1, 0.15) is 44.6 Å². The molecule has 33 heavy (non-hydrogen) atoms. The Morgan fingerprint density at radius 2 is 1.82 bits per heavy atom. The summed E-state index contributed by atoms with van der Waals surface area (Å²) in [6, 6.07) is 8.23. The lowest BCUT2D eigenvalue weighted by atomic mass is 9.97. The fourth-order valence-corrected chi connectivity index (χ4v) is 4.75. The molecule has 1 fully saturated rings. The molecule has 0 radical (unpaired) electrons. The molecule has 3 heterocycles. The molecule has 0 saturated carbocycles. The molecule has 8 nitrogen and oxygen atoms in total. The quantitative estimate of drug-likeness (QED) is 0.480. The van der Waals surface area contributed by atoms with Crippen LogP contribution >= 0.6 is 11.3 Å². The van der Waals surface area contributed by atoms with Gasteiger partial charge in [-0.15, -0.1) is 11.3 Å². The lowest BCUT2D eigenvalue weighted by molar-refractivity contribution is 0.0713. The van der Waals surface area contributed by atoms with Crippen LogP contribution in [-0.2, 0) is 0 Å². The average molecular weight is 469 g/mol. The molecule has 4 aromatic rings. The van der Waals surface area contributed by atoms with E-state index in [0.29, 0.717) is 29.7 Å². The Kier molecular flexibility index (Phi) is 5.55. The van der Waals surface area contributed by atoms with Gasteiger partial charge >= 0.3 is 0 Å². The molecule has 0 bridgehead atoms. The molecule has 1 aliphatic rings. The maximum Gasteiger partial charge on any atom is 0.275 e. The second kappa shape index (κ2) is 8.66. The zero-order chi connectivity index (χ0) is 22.9. The Balaban J connectivity index is 1.20. The van der Waals surface area contributed by atoms with Crippen molar-refractivity contribution in [3.63, 3.8) is 0 Å². The summed E-state index contributed by atoms with van der Waals surface area (Å²) in [6.07, 6.45) is 1.44. The van der Waals surface area contributed by atoms with Crippen LogP contribution in [0.3, 0.4) is 0 Å². The molecule has 2 aromatic carbocycles. The number of carbonyl (C=O) groups is 2. The van der Waals surface area contributed by atoms with Gasteiger partial charge in [0.15, 0.2) is 11.6 Å². The largest absolute Gasteiger partial charge is 0.339 e. The first-order valence-electron chi connectivity index (χ1n) is 10.2. The number of aromatic nitrogens is 3. The van der Waals surface area contributed by atoms with Crippen LogP contribution in [0.2, 0.25) is 0 Å². The van der Waals surface area contributed by atoms with Crippen LogP contribution in [0.4, 0.5) is 14.5 Å². The van der Waals surface area contributed by atoms with Crippen molar-refractivity contribution in [2.24, 2.45) is 0 Å². The monoisotopic (exact) mass is 469 g/mol. The number of piperidine rings is 1. The van der Waals surface area contributed by atoms with Crippen LogP contribution in [0.5, 0.6) is 0 Å². The third kappa shape index (κ3) is 4.31. The summed E-state index contributed by atoms with van der Waals surface area (Å²) in [5.74, 6) is -2.46. The first-order chi connectivity index (χ1) is 16.0. The topological polar surface area (TPSA) is 101 Å². The van der Waals surface area contributed by atoms with E-state index in [0.717, 1.165) is 30.0 Å². The number of rotatable bonds is 4. The third-order valence-electron chi connectivity index (χ3n) is 5.56. The highest BCUT2D eigenvalue weighted by Crippen LogP contribution is 2.31. The fraction of sp³-hybridized carbons (Fsp3) is 0.227. The zero-order valence-electron chi connectivity index (χ0n) is 17.1. The zero-order valence-corrected chi connectivity index (χ0v) is 17.9. The number of nitrogens with zero attached hydrogens (tertiary/aromatic N) is 4. The molecule has 0 unspecified atom stereocenters. The van der Waals surface area contributed by atoms with Gasteiger partial charge in [0.1, 0.15) is 16.7 Å². The van der Waals surface area contributed by atoms with Crippen molar-refractivity contribution in [1.82, 2.24) is 20.2 Å². The molecule has 1 aliphatic heterocycles. The number of fused-ring (bicyclic) bond motifs is 1. The van der Waals surface area contributed by atoms with E-state index in [-0.39, 0.29) is 23.2 Å². The predicted molar refractivity (Wildman–Crippen MR) is 116 cm³/mol. The van der Waals surface area contributed by atoms with Gasteiger partial charge in [0.2, 0.25) is 0 Å². The second-order valence-corrected chi connectivity index (χ2v) is 8.58. The van der Waals surface area contributed by atoms with Gasteiger partial charge in [0.25, 0.3) is 11.8 Å². The van der Waals surface area contributed by atoms with Gasteiger partial charge in [-0.05, 0) is 53.5 Å². The fourth-order valence-electron chi connectivity index (χ4n) is 3.78. The maximum absolute atomic E-state index is 13.4. The van der Waals surface area contributed by atoms with Gasteiger partial charge in [0, 0.05) is 41.7 Å². The van der Waals surface area contributed by atoms with E-state index >= 15 is 0 Å². The lowest BCUT2D eigenvalue weighted by Crippen LogP contribution is -2.37. The number of halogens is 2. The van der Waals surface area contributed by atoms with Crippen molar-refractivity contribution in [1.29, 1.82) is 0 Å². The van der Waals surface area contributed by atoms with Crippen LogP contribution in [0.25, 0.3) is 11.0 Å². The molecular weight excluding hydrogens is 452 g/mol. The number of thiazole rings is 1. The first kappa shape index (κ1) is 21.1. The Labute approximate surface area is 190 Å². The van der Waals surface area contributed by atoms with Crippen molar-refractivity contribution in [2.45, 2.75) is 18.8 Å². The Bertz CT molecular complexity index is 1350. The molecule has 168 valence electrons. The van der Waals surface area contributed by atoms with Crippen LogP contribution < -0.4 is 5.32 Å². The first-order valence-corrected chi connectivity index (χ1v) is 11.1. The Morgan fingerprint density at radius 3 is 2.61 bits per heavy atom. The summed E-state index contributed by atoms with van der Waals surface area (Å²) in [4.78, 5) is 31.5. The highest BCUT2D eigenvalue weighted by atomic mass is 32.1. The van der Waals surface area contributed by atoms with Crippen molar-refractivity contribution < 1.29 is 23.0 Å². The molecule has 0 atom stereocenters. The lowest BCUT2D eigenvalue weighted by Gasteiger charge is -2.31. The summed E-state index contributed by atoms with van der Waals surface area (Å²) in [7, 11) is 0. The second-order valence-electron chi connectivity index (χ2n) is 7.69. The van der Waals surface area contributed by atoms with E-state index < -0.39 is 17.5 Å². The van der Waals surface area contributed by atoms with Crippen LogP contribution in [-0.4, -0.2) is 45.1 Å². The minimum atomic E-state index is -1.04. The normalized spacial score (nSPS) is 14.5. The minimum absolute atomic E-state index is 0.0796. The van der Waals surface area contributed by atoms with Crippen molar-refractivity contribution in [2.75, 3.05) is 18.4 Å². The van der Waals surface area contributed by atoms with E-state index in [9.17, 15) is 18.4 Å². The van der Waals surface area contributed by atoms with Crippen molar-refractivity contribution >= 4 is 39.9 Å². The Morgan fingerprint density at radius 1 is 1.03 bits per heavy atom. The molecular formula is C22H17F2N5O3S. The summed E-state index contributed by atoms with van der Waals surface area (Å²) < 4.78 is 31.1. The standard InChI is InChI=1S/C22H17F2N5O3S/c23-15-3-2-14(10-16(15)24)25-20(30)19-11-33-21(26-19)12-5-7-29(8-6-12)22(31)13-1-4-17-18(9-13)28-32-27-17/h1-4,9-12H,5-8H2,(H,25,30). The Hall–Kier alpha value is -3.73. The molecule has 0 spiro atoms. The van der Waals surface area contributed by atoms with Gasteiger partial charge in [-0.2, -0.15) is 0 Å². The SMILES string of the molecule is O=C(Nc1ccc(F)c(F)c1)c1csc(C2CCN(C(=O)c3ccc4nonc4c3)CC2)n1. The number of hydrogen-bond acceptors (Lipinski definition) is 7. The highest BCUT2D eigenvalue weighted by Gasteiger charge is 2.27. The number of anilines is 1. The number of carbonyl (C=O) groups excluding carboxylic acids is 2. The summed E-state index contributed by atoms with van der Waals surface area (Å²) >= 11 is 1.37. The average Bonchev–Trinajstić information content (AvgIpc) is 3.50. The van der Waals surface area contributed by atoms with E-state index in [4.69, 9.17) is 0 Å². The maximum atomic E-state index is 13.4. The van der Waals surface area contributed by atoms with E-state index in [1.165, 1.54) is 17.4 Å². The van der Waals surface area contributed by atoms with E-state index in [1.807, 2.05) is 0 Å². The van der Waals surface area contributed by atoms with Gasteiger partial charge in [0.05, 0.1) is 5.01 Å². The highest BCUT2D eigenvalue weighted by molar-refractivity contribution is 7.10. The molecule has 0 aliphatic carbocycles. The van der Waals surface area contributed by atoms with Gasteiger partial charge in [-0.25, -0.2) is 18.4 Å². The number of benzene rings is 2. The molecule has 11 heteroatoms. The van der Waals surface area contributed by atoms with Crippen LogP contribution in [0, 0.1) is 11.6 Å². The van der Waals surface area contributed by atoms with Crippen LogP contribution in [0.15, 0.2) is 46.4 Å². The number of nitrogens with one attached hydrogen (secondary N) is 1. The van der Waals surface area contributed by atoms with Gasteiger partial charge < -0.3 is 10.2 Å². The summed E-state index contributed by atoms with van der Waals surface area (Å²) in [5, 5.41) is 12.5. The molecule has 5 rings (SSSR count). The molecule has 2 aromatic heterocycles. The van der Waals surface area contributed by atoms with Crippen molar-refractivity contribution in [3.05, 3.63) is 69.7 Å². The van der Waals surface area contributed by atoms with Crippen molar-refractivity contribution in [3.8, 4) is 0 Å². The number of likely N-dealkylation sites (tertiary alicyclic amines) is 1. The minimum Gasteiger partial charge on any atom is -0.339 e. The molecule has 1 saturated heterocycles. The van der Waals surface area contributed by atoms with E-state index in [1.54, 1.807) is 28.5 Å². The summed E-state index contributed by atoms with van der Waals surface area (Å²) in [6.45, 7) is 1.13. The molecule has 1 N–H and O–H groups in total. The number of hydrogen-bond donors (Lipinski definition) is 1. The smallest absolute Gasteiger partial charge is 0.275 e. The number of amides is 2. The third-order valence-corrected chi connectivity index (χ3v) is 6.57. The molecule has 2 amide bonds. The summed E-state index contributed by atoms with van der Waals surface area (Å²) in [5.41, 5.74) is 2.03. The van der Waals surface area contributed by atoms with Gasteiger partial charge in [-0.3, -0.25) is 9.59 Å². The van der Waals surface area contributed by atoms with Gasteiger partial charge in [-0.1, -0.05) is 0 Å². The van der Waals surface area contributed by atoms with E-state index in [2.05, 4.69) is 25.2 Å². The predicted octanol–water partition coefficient (Wildman–Crippen LogP) is 4.23.